The van der Waals surface area contributed by atoms with Crippen LogP contribution in [0.25, 0.3) is 0 Å². The van der Waals surface area contributed by atoms with Gasteiger partial charge in [-0.2, -0.15) is 0 Å². The Morgan fingerprint density at radius 3 is 2.85 bits per heavy atom. The summed E-state index contributed by atoms with van der Waals surface area (Å²) < 4.78 is 4.92. The maximum atomic E-state index is 11.3. The summed E-state index contributed by atoms with van der Waals surface area (Å²) in [6.07, 6.45) is 2.06. The summed E-state index contributed by atoms with van der Waals surface area (Å²) in [7, 11) is 0. The smallest absolute Gasteiger partial charge is 0.410 e. The minimum Gasteiger partial charge on any atom is -0.449 e. The highest BCUT2D eigenvalue weighted by Crippen LogP contribution is 2.36. The molecule has 0 aromatic heterocycles. The lowest BCUT2D eigenvalue weighted by atomic mass is 9.76. The van der Waals surface area contributed by atoms with Crippen LogP contribution in [0.4, 0.5) is 4.79 Å². The maximum Gasteiger partial charge on any atom is 0.410 e. The zero-order chi connectivity index (χ0) is 9.47. The summed E-state index contributed by atoms with van der Waals surface area (Å²) >= 11 is 0. The first-order valence-electron chi connectivity index (χ1n) is 4.74. The number of carbonyl (C=O) groups excluding carboxylic acids is 1. The summed E-state index contributed by atoms with van der Waals surface area (Å²) in [5, 5.41) is 9.52. The van der Waals surface area contributed by atoms with Crippen LogP contribution in [0.5, 0.6) is 0 Å². The first kappa shape index (κ1) is 8.81. The topological polar surface area (TPSA) is 49.8 Å². The van der Waals surface area contributed by atoms with Crippen LogP contribution in [0.2, 0.25) is 0 Å². The van der Waals surface area contributed by atoms with Crippen molar-refractivity contribution in [3.8, 4) is 0 Å². The van der Waals surface area contributed by atoms with Crippen LogP contribution in [-0.2, 0) is 4.74 Å². The van der Waals surface area contributed by atoms with Crippen molar-refractivity contribution in [1.29, 1.82) is 0 Å². The van der Waals surface area contributed by atoms with Crippen molar-refractivity contribution >= 4 is 6.09 Å². The number of ether oxygens (including phenoxy) is 1. The molecule has 0 bridgehead atoms. The van der Waals surface area contributed by atoms with Gasteiger partial charge in [0, 0.05) is 12.6 Å². The van der Waals surface area contributed by atoms with Crippen LogP contribution in [0.1, 0.15) is 26.2 Å². The van der Waals surface area contributed by atoms with Crippen LogP contribution in [-0.4, -0.2) is 40.9 Å². The van der Waals surface area contributed by atoms with Gasteiger partial charge in [-0.05, 0) is 26.2 Å². The number of amides is 1. The van der Waals surface area contributed by atoms with Crippen molar-refractivity contribution in [2.75, 3.05) is 13.2 Å². The summed E-state index contributed by atoms with van der Waals surface area (Å²) in [6.45, 7) is 3.12. The molecule has 1 amide bonds. The molecule has 2 fully saturated rings. The Morgan fingerprint density at radius 1 is 1.62 bits per heavy atom. The third-order valence-electron chi connectivity index (χ3n) is 2.79. The lowest BCUT2D eigenvalue weighted by Gasteiger charge is -2.47. The Balaban J connectivity index is 1.91. The predicted molar refractivity (Wildman–Crippen MR) is 46.3 cm³/mol. The molecule has 2 rings (SSSR count). The second-order valence-electron chi connectivity index (χ2n) is 4.22. The Labute approximate surface area is 77.5 Å². The number of aliphatic hydroxyl groups is 1. The lowest BCUT2D eigenvalue weighted by Crippen LogP contribution is -2.57. The zero-order valence-corrected chi connectivity index (χ0v) is 7.82. The highest BCUT2D eigenvalue weighted by Gasteiger charge is 2.44. The molecule has 4 heteroatoms. The molecule has 0 aromatic carbocycles. The Hall–Kier alpha value is -0.770. The highest BCUT2D eigenvalue weighted by atomic mass is 16.6. The number of nitrogens with zero attached hydrogens (tertiary/aromatic N) is 1. The third-order valence-corrected chi connectivity index (χ3v) is 2.79. The predicted octanol–water partition coefficient (Wildman–Crippen LogP) is 0.742. The quantitative estimate of drug-likeness (QED) is 0.655. The SMILES string of the molecule is CC1(O)CC(N2CCCOC2=O)C1. The fraction of sp³-hybridized carbons (Fsp3) is 0.889. The summed E-state index contributed by atoms with van der Waals surface area (Å²) in [6, 6.07) is 0.197. The van der Waals surface area contributed by atoms with Crippen molar-refractivity contribution in [1.82, 2.24) is 4.90 Å². The molecule has 2 aliphatic rings. The van der Waals surface area contributed by atoms with E-state index in [0.29, 0.717) is 19.4 Å². The largest absolute Gasteiger partial charge is 0.449 e. The van der Waals surface area contributed by atoms with Gasteiger partial charge in [0.15, 0.2) is 0 Å². The van der Waals surface area contributed by atoms with Gasteiger partial charge in [0.1, 0.15) is 0 Å². The van der Waals surface area contributed by atoms with E-state index in [1.807, 2.05) is 0 Å². The summed E-state index contributed by atoms with van der Waals surface area (Å²) in [5.74, 6) is 0. The molecule has 0 unspecified atom stereocenters. The van der Waals surface area contributed by atoms with Gasteiger partial charge in [-0.15, -0.1) is 0 Å². The minimum atomic E-state index is -0.567. The molecule has 0 radical (unpaired) electrons. The maximum absolute atomic E-state index is 11.3. The zero-order valence-electron chi connectivity index (χ0n) is 7.82. The van der Waals surface area contributed by atoms with Crippen LogP contribution in [0.15, 0.2) is 0 Å². The van der Waals surface area contributed by atoms with E-state index in [4.69, 9.17) is 4.74 Å². The van der Waals surface area contributed by atoms with Gasteiger partial charge < -0.3 is 14.7 Å². The van der Waals surface area contributed by atoms with Crippen LogP contribution >= 0.6 is 0 Å². The molecule has 1 aliphatic carbocycles. The fourth-order valence-electron chi connectivity index (χ4n) is 2.08. The normalized spacial score (nSPS) is 39.7. The first-order chi connectivity index (χ1) is 6.08. The van der Waals surface area contributed by atoms with E-state index >= 15 is 0 Å². The molecule has 0 spiro atoms. The molecular formula is C9H15NO3. The van der Waals surface area contributed by atoms with E-state index in [1.54, 1.807) is 11.8 Å². The number of rotatable bonds is 1. The van der Waals surface area contributed by atoms with E-state index in [-0.39, 0.29) is 12.1 Å². The van der Waals surface area contributed by atoms with Crippen molar-refractivity contribution in [3.63, 3.8) is 0 Å². The van der Waals surface area contributed by atoms with Crippen LogP contribution in [0.3, 0.4) is 0 Å². The van der Waals surface area contributed by atoms with Gasteiger partial charge in [0.2, 0.25) is 0 Å². The number of cyclic esters (lactones) is 1. The summed E-state index contributed by atoms with van der Waals surface area (Å²) in [4.78, 5) is 13.0. The van der Waals surface area contributed by atoms with Gasteiger partial charge in [-0.25, -0.2) is 4.79 Å². The van der Waals surface area contributed by atoms with E-state index in [1.165, 1.54) is 0 Å². The lowest BCUT2D eigenvalue weighted by molar-refractivity contribution is -0.0800. The molecule has 74 valence electrons. The van der Waals surface area contributed by atoms with Crippen molar-refractivity contribution in [3.05, 3.63) is 0 Å². The van der Waals surface area contributed by atoms with E-state index < -0.39 is 5.60 Å². The van der Waals surface area contributed by atoms with Gasteiger partial charge in [-0.3, -0.25) is 0 Å². The van der Waals surface area contributed by atoms with Crippen molar-refractivity contribution in [2.45, 2.75) is 37.8 Å². The molecule has 1 heterocycles. The average molecular weight is 185 g/mol. The summed E-state index contributed by atoms with van der Waals surface area (Å²) in [5.41, 5.74) is -0.567. The number of hydrogen-bond acceptors (Lipinski definition) is 3. The van der Waals surface area contributed by atoms with Gasteiger partial charge >= 0.3 is 6.09 Å². The Kier molecular flexibility index (Phi) is 1.95. The van der Waals surface area contributed by atoms with Crippen LogP contribution in [0, 0.1) is 0 Å². The second-order valence-corrected chi connectivity index (χ2v) is 4.22. The van der Waals surface area contributed by atoms with Gasteiger partial charge in [-0.1, -0.05) is 0 Å². The molecule has 13 heavy (non-hydrogen) atoms. The fourth-order valence-corrected chi connectivity index (χ4v) is 2.08. The van der Waals surface area contributed by atoms with E-state index in [9.17, 15) is 9.90 Å². The molecule has 1 aliphatic heterocycles. The van der Waals surface area contributed by atoms with E-state index in [2.05, 4.69) is 0 Å². The van der Waals surface area contributed by atoms with Crippen LogP contribution < -0.4 is 0 Å². The molecule has 1 saturated heterocycles. The third kappa shape index (κ3) is 1.63. The molecule has 0 atom stereocenters. The highest BCUT2D eigenvalue weighted by molar-refractivity contribution is 5.68. The second kappa shape index (κ2) is 2.87. The number of carbonyl (C=O) groups is 1. The van der Waals surface area contributed by atoms with Gasteiger partial charge in [0.05, 0.1) is 12.2 Å². The van der Waals surface area contributed by atoms with Gasteiger partial charge in [0.25, 0.3) is 0 Å². The average Bonchev–Trinajstić information content (AvgIpc) is 2.01. The van der Waals surface area contributed by atoms with Crippen molar-refractivity contribution in [2.24, 2.45) is 0 Å². The molecule has 1 N–H and O–H groups in total. The molecule has 1 saturated carbocycles. The van der Waals surface area contributed by atoms with E-state index in [0.717, 1.165) is 13.0 Å². The molecule has 0 aromatic rings. The standard InChI is InChI=1S/C9H15NO3/c1-9(12)5-7(6-9)10-3-2-4-13-8(10)11/h7,12H,2-6H2,1H3. The minimum absolute atomic E-state index is 0.197. The molecule has 4 nitrogen and oxygen atoms in total. The monoisotopic (exact) mass is 185 g/mol. The number of hydrogen-bond donors (Lipinski definition) is 1. The molecular weight excluding hydrogens is 170 g/mol. The Bertz CT molecular complexity index is 219. The van der Waals surface area contributed by atoms with Crippen molar-refractivity contribution < 1.29 is 14.6 Å². The Morgan fingerprint density at radius 2 is 2.31 bits per heavy atom. The first-order valence-corrected chi connectivity index (χ1v) is 4.74.